The molecule has 0 radical (unpaired) electrons. The van der Waals surface area contributed by atoms with Gasteiger partial charge in [0.1, 0.15) is 0 Å². The Morgan fingerprint density at radius 3 is 1.49 bits per heavy atom. The predicted octanol–water partition coefficient (Wildman–Crippen LogP) is 12.2. The lowest BCUT2D eigenvalue weighted by molar-refractivity contribution is 0.711. The van der Waals surface area contributed by atoms with Crippen LogP contribution in [-0.2, 0) is 19.3 Å². The van der Waals surface area contributed by atoms with Crippen LogP contribution in [-0.4, -0.2) is 0 Å². The number of benzene rings is 4. The summed E-state index contributed by atoms with van der Waals surface area (Å²) >= 11 is 0. The van der Waals surface area contributed by atoms with Gasteiger partial charge in [-0.1, -0.05) is 156 Å². The van der Waals surface area contributed by atoms with Crippen LogP contribution >= 0.6 is 0 Å². The number of fused-ring (bicyclic) bond motifs is 6. The SMILES string of the molecule is C1=Cc2ccccc2C1.CC.CC.CC.c1ccc2c(c1)CC1=C2CCCC1.c1ccc2c(c1)Cc1ccccc1-2. The van der Waals surface area contributed by atoms with E-state index in [1.807, 2.05) is 41.5 Å². The van der Waals surface area contributed by atoms with E-state index < -0.39 is 0 Å². The van der Waals surface area contributed by atoms with Crippen LogP contribution in [0.3, 0.4) is 0 Å². The summed E-state index contributed by atoms with van der Waals surface area (Å²) in [6.45, 7) is 12.0. The maximum absolute atomic E-state index is 2.29. The maximum atomic E-state index is 2.29. The van der Waals surface area contributed by atoms with Crippen molar-refractivity contribution in [1.82, 2.24) is 0 Å². The Bertz CT molecular complexity index is 1370. The van der Waals surface area contributed by atoms with Gasteiger partial charge in [-0.25, -0.2) is 0 Å². The zero-order valence-corrected chi connectivity index (χ0v) is 26.3. The van der Waals surface area contributed by atoms with Crippen LogP contribution in [0.15, 0.2) is 109 Å². The van der Waals surface area contributed by atoms with Crippen LogP contribution in [0.5, 0.6) is 0 Å². The monoisotopic (exact) mass is 542 g/mol. The first-order valence-corrected chi connectivity index (χ1v) is 16.1. The highest BCUT2D eigenvalue weighted by Gasteiger charge is 2.22. The highest BCUT2D eigenvalue weighted by Crippen LogP contribution is 2.41. The number of allylic oxidation sites excluding steroid dienone is 3. The van der Waals surface area contributed by atoms with Crippen molar-refractivity contribution in [2.24, 2.45) is 0 Å². The molecule has 0 amide bonds. The first-order chi connectivity index (χ1) is 20.4. The van der Waals surface area contributed by atoms with Crippen LogP contribution in [0.2, 0.25) is 0 Å². The fourth-order valence-electron chi connectivity index (χ4n) is 5.96. The average molecular weight is 543 g/mol. The molecule has 0 aromatic heterocycles. The molecule has 0 saturated heterocycles. The van der Waals surface area contributed by atoms with Gasteiger partial charge in [-0.2, -0.15) is 0 Å². The van der Waals surface area contributed by atoms with E-state index in [1.54, 1.807) is 22.3 Å². The molecule has 0 saturated carbocycles. The number of hydrogen-bond acceptors (Lipinski definition) is 0. The highest BCUT2D eigenvalue weighted by molar-refractivity contribution is 5.77. The van der Waals surface area contributed by atoms with Crippen molar-refractivity contribution in [3.05, 3.63) is 142 Å². The molecule has 0 fully saturated rings. The van der Waals surface area contributed by atoms with Gasteiger partial charge in [0.25, 0.3) is 0 Å². The van der Waals surface area contributed by atoms with Gasteiger partial charge in [-0.3, -0.25) is 0 Å². The minimum Gasteiger partial charge on any atom is -0.0795 e. The first-order valence-electron chi connectivity index (χ1n) is 16.1. The minimum absolute atomic E-state index is 1.10. The van der Waals surface area contributed by atoms with Crippen molar-refractivity contribution in [1.29, 1.82) is 0 Å². The summed E-state index contributed by atoms with van der Waals surface area (Å²) in [4.78, 5) is 0. The Morgan fingerprint density at radius 1 is 0.439 bits per heavy atom. The van der Waals surface area contributed by atoms with Crippen molar-refractivity contribution in [3.8, 4) is 11.1 Å². The van der Waals surface area contributed by atoms with Gasteiger partial charge >= 0.3 is 0 Å². The third-order valence-electron chi connectivity index (χ3n) is 7.72. The standard InChI is InChI=1S/C13H14.C13H10.C9H8.3C2H6/c2*1-3-7-12-10(5-1)9-11-6-2-4-8-13(11)12;1-2-5-9-7-3-6-8(9)4-1;3*1-2/h1,3,5,7H,2,4,6,8-9H2;1-8H,9H2;1-6H,7H2;3*1-2H3. The third-order valence-corrected chi connectivity index (χ3v) is 7.72. The topological polar surface area (TPSA) is 0 Å². The molecular formula is C41H50. The molecule has 4 aromatic carbocycles. The highest BCUT2D eigenvalue weighted by atomic mass is 14.3. The van der Waals surface area contributed by atoms with Crippen LogP contribution in [0.1, 0.15) is 101 Å². The summed E-state index contributed by atoms with van der Waals surface area (Å²) in [6, 6.07) is 34.7. The Balaban J connectivity index is 0.000000157. The van der Waals surface area contributed by atoms with E-state index in [0.717, 1.165) is 12.8 Å². The van der Waals surface area contributed by atoms with E-state index in [1.165, 1.54) is 65.5 Å². The zero-order valence-electron chi connectivity index (χ0n) is 26.3. The summed E-state index contributed by atoms with van der Waals surface area (Å²) in [5, 5.41) is 0. The molecule has 4 aliphatic rings. The lowest BCUT2D eigenvalue weighted by Gasteiger charge is -2.13. The van der Waals surface area contributed by atoms with Crippen molar-refractivity contribution in [3.63, 3.8) is 0 Å². The fraction of sp³-hybridized carbons (Fsp3) is 0.317. The second-order valence-corrected chi connectivity index (χ2v) is 9.92. The summed E-state index contributed by atoms with van der Waals surface area (Å²) in [5.74, 6) is 0. The van der Waals surface area contributed by atoms with Crippen LogP contribution in [0.4, 0.5) is 0 Å². The minimum atomic E-state index is 1.10. The molecule has 41 heavy (non-hydrogen) atoms. The van der Waals surface area contributed by atoms with E-state index in [2.05, 4.69) is 109 Å². The predicted molar refractivity (Wildman–Crippen MR) is 183 cm³/mol. The summed E-state index contributed by atoms with van der Waals surface area (Å²) in [5.41, 5.74) is 15.1. The third kappa shape index (κ3) is 7.98. The molecule has 4 aromatic rings. The Kier molecular flexibility index (Phi) is 13.4. The van der Waals surface area contributed by atoms with E-state index in [9.17, 15) is 0 Å². The lowest BCUT2D eigenvalue weighted by atomic mass is 9.92. The van der Waals surface area contributed by atoms with Gasteiger partial charge in [-0.15, -0.1) is 0 Å². The number of hydrogen-bond donors (Lipinski definition) is 0. The molecule has 0 unspecified atom stereocenters. The average Bonchev–Trinajstić information content (AvgIpc) is 3.80. The van der Waals surface area contributed by atoms with Crippen LogP contribution < -0.4 is 0 Å². The van der Waals surface area contributed by atoms with E-state index in [0.29, 0.717) is 0 Å². The van der Waals surface area contributed by atoms with Gasteiger partial charge in [0.2, 0.25) is 0 Å². The molecule has 0 aliphatic heterocycles. The van der Waals surface area contributed by atoms with Gasteiger partial charge in [0, 0.05) is 0 Å². The van der Waals surface area contributed by atoms with Crippen LogP contribution in [0.25, 0.3) is 22.8 Å². The molecule has 0 bridgehead atoms. The van der Waals surface area contributed by atoms with Crippen molar-refractivity contribution in [2.75, 3.05) is 0 Å². The molecule has 0 spiro atoms. The second-order valence-electron chi connectivity index (χ2n) is 9.92. The maximum Gasteiger partial charge on any atom is -0.00135 e. The van der Waals surface area contributed by atoms with E-state index >= 15 is 0 Å². The fourth-order valence-corrected chi connectivity index (χ4v) is 5.96. The Hall–Kier alpha value is -3.64. The van der Waals surface area contributed by atoms with Gasteiger partial charge < -0.3 is 0 Å². The molecule has 8 rings (SSSR count). The summed E-state index contributed by atoms with van der Waals surface area (Å²) in [6.07, 6.45) is 13.3. The second kappa shape index (κ2) is 17.2. The van der Waals surface area contributed by atoms with Gasteiger partial charge in [0.05, 0.1) is 0 Å². The molecule has 0 atom stereocenters. The lowest BCUT2D eigenvalue weighted by Crippen LogP contribution is -1.93. The van der Waals surface area contributed by atoms with Crippen molar-refractivity contribution in [2.45, 2.75) is 86.5 Å². The van der Waals surface area contributed by atoms with Crippen molar-refractivity contribution < 1.29 is 0 Å². The molecule has 0 nitrogen and oxygen atoms in total. The molecule has 0 N–H and O–H groups in total. The zero-order chi connectivity index (χ0) is 29.5. The number of rotatable bonds is 0. The van der Waals surface area contributed by atoms with E-state index in [4.69, 9.17) is 0 Å². The molecule has 0 heteroatoms. The largest absolute Gasteiger partial charge is 0.0795 e. The van der Waals surface area contributed by atoms with Crippen LogP contribution in [0, 0.1) is 0 Å². The smallest absolute Gasteiger partial charge is 0.00135 e. The molecule has 4 aliphatic carbocycles. The quantitative estimate of drug-likeness (QED) is 0.182. The molecule has 0 heterocycles. The Labute approximate surface area is 250 Å². The van der Waals surface area contributed by atoms with Crippen molar-refractivity contribution >= 4 is 11.6 Å². The summed E-state index contributed by atoms with van der Waals surface area (Å²) in [7, 11) is 0. The summed E-state index contributed by atoms with van der Waals surface area (Å²) < 4.78 is 0. The van der Waals surface area contributed by atoms with E-state index in [-0.39, 0.29) is 0 Å². The van der Waals surface area contributed by atoms with Gasteiger partial charge in [-0.05, 0) is 95.0 Å². The normalized spacial score (nSPS) is 13.7. The van der Waals surface area contributed by atoms with Gasteiger partial charge in [0.15, 0.2) is 0 Å². The molecular weight excluding hydrogens is 492 g/mol. The molecule has 214 valence electrons. The Morgan fingerprint density at radius 2 is 0.902 bits per heavy atom. The first kappa shape index (κ1) is 31.9.